The van der Waals surface area contributed by atoms with Crippen molar-refractivity contribution in [3.63, 3.8) is 0 Å². The molecule has 1 aliphatic rings. The molecule has 0 unspecified atom stereocenters. The first-order valence-electron chi connectivity index (χ1n) is 3.81. The smallest absolute Gasteiger partial charge is 0.0793 e. The van der Waals surface area contributed by atoms with Crippen molar-refractivity contribution in [2.24, 2.45) is 0 Å². The Morgan fingerprint density at radius 1 is 1.73 bits per heavy atom. The molecule has 0 aromatic carbocycles. The molecule has 11 heavy (non-hydrogen) atoms. The van der Waals surface area contributed by atoms with Crippen molar-refractivity contribution < 1.29 is 0 Å². The first-order valence-corrected chi connectivity index (χ1v) is 3.81. The molecule has 3 heteroatoms. The van der Waals surface area contributed by atoms with Crippen LogP contribution in [0.3, 0.4) is 0 Å². The first kappa shape index (κ1) is 6.41. The van der Waals surface area contributed by atoms with E-state index < -0.39 is 0 Å². The standard InChI is InChI=1S/C8H9N3/c9-5-3-7-4-6-11(10-7)8-1-2-8/h4,6,8H,1-3H2. The van der Waals surface area contributed by atoms with E-state index in [-0.39, 0.29) is 0 Å². The van der Waals surface area contributed by atoms with Gasteiger partial charge in [-0.15, -0.1) is 0 Å². The Balaban J connectivity index is 2.13. The Morgan fingerprint density at radius 2 is 2.55 bits per heavy atom. The maximum atomic E-state index is 8.38. The molecule has 0 radical (unpaired) electrons. The predicted octanol–water partition coefficient (Wildman–Crippen LogP) is 1.28. The molecule has 0 saturated heterocycles. The van der Waals surface area contributed by atoms with Gasteiger partial charge < -0.3 is 0 Å². The molecule has 56 valence electrons. The summed E-state index contributed by atoms with van der Waals surface area (Å²) in [5.41, 5.74) is 0.888. The number of hydrogen-bond acceptors (Lipinski definition) is 2. The second-order valence-electron chi connectivity index (χ2n) is 2.85. The molecule has 2 rings (SSSR count). The zero-order valence-electron chi connectivity index (χ0n) is 6.20. The van der Waals surface area contributed by atoms with Crippen molar-refractivity contribution in [2.75, 3.05) is 0 Å². The van der Waals surface area contributed by atoms with Crippen molar-refractivity contribution in [2.45, 2.75) is 25.3 Å². The van der Waals surface area contributed by atoms with Gasteiger partial charge in [-0.1, -0.05) is 0 Å². The van der Waals surface area contributed by atoms with E-state index >= 15 is 0 Å². The summed E-state index contributed by atoms with van der Waals surface area (Å²) < 4.78 is 1.96. The van der Waals surface area contributed by atoms with Crippen LogP contribution >= 0.6 is 0 Å². The maximum absolute atomic E-state index is 8.38. The van der Waals surface area contributed by atoms with E-state index in [2.05, 4.69) is 11.2 Å². The molecule has 1 heterocycles. The van der Waals surface area contributed by atoms with Crippen LogP contribution in [0.5, 0.6) is 0 Å². The van der Waals surface area contributed by atoms with E-state index in [1.54, 1.807) is 0 Å². The van der Waals surface area contributed by atoms with Gasteiger partial charge >= 0.3 is 0 Å². The first-order chi connectivity index (χ1) is 5.40. The lowest BCUT2D eigenvalue weighted by Crippen LogP contribution is -1.94. The molecule has 1 aliphatic carbocycles. The molecule has 1 aromatic rings. The molecule has 0 atom stereocenters. The molecule has 3 nitrogen and oxygen atoms in total. The number of rotatable bonds is 2. The van der Waals surface area contributed by atoms with Gasteiger partial charge in [-0.25, -0.2) is 0 Å². The van der Waals surface area contributed by atoms with Crippen LogP contribution in [0.25, 0.3) is 0 Å². The van der Waals surface area contributed by atoms with Gasteiger partial charge in [0.15, 0.2) is 0 Å². The molecular weight excluding hydrogens is 138 g/mol. The monoisotopic (exact) mass is 147 g/mol. The summed E-state index contributed by atoms with van der Waals surface area (Å²) in [6.07, 6.45) is 4.88. The van der Waals surface area contributed by atoms with Crippen LogP contribution < -0.4 is 0 Å². The third kappa shape index (κ3) is 1.25. The number of nitrogens with zero attached hydrogens (tertiary/aromatic N) is 3. The lowest BCUT2D eigenvalue weighted by molar-refractivity contribution is 0.633. The number of aromatic nitrogens is 2. The zero-order chi connectivity index (χ0) is 7.68. The lowest BCUT2D eigenvalue weighted by Gasteiger charge is -1.92. The third-order valence-electron chi connectivity index (χ3n) is 1.84. The van der Waals surface area contributed by atoms with E-state index in [1.165, 1.54) is 12.8 Å². The van der Waals surface area contributed by atoms with Gasteiger partial charge in [0.2, 0.25) is 0 Å². The van der Waals surface area contributed by atoms with Crippen LogP contribution in [0.15, 0.2) is 12.3 Å². The summed E-state index contributed by atoms with van der Waals surface area (Å²) in [4.78, 5) is 0. The molecule has 0 spiro atoms. The Morgan fingerprint density at radius 3 is 3.18 bits per heavy atom. The quantitative estimate of drug-likeness (QED) is 0.632. The highest BCUT2D eigenvalue weighted by atomic mass is 15.3. The third-order valence-corrected chi connectivity index (χ3v) is 1.84. The topological polar surface area (TPSA) is 41.6 Å². The second kappa shape index (κ2) is 2.39. The average molecular weight is 147 g/mol. The van der Waals surface area contributed by atoms with Crippen LogP contribution in [-0.2, 0) is 6.42 Å². The van der Waals surface area contributed by atoms with Gasteiger partial charge in [0, 0.05) is 6.20 Å². The van der Waals surface area contributed by atoms with Crippen molar-refractivity contribution in [1.29, 1.82) is 5.26 Å². The zero-order valence-corrected chi connectivity index (χ0v) is 6.20. The molecule has 1 aromatic heterocycles. The number of nitriles is 1. The lowest BCUT2D eigenvalue weighted by atomic mass is 10.3. The summed E-state index contributed by atoms with van der Waals surface area (Å²) in [5.74, 6) is 0. The average Bonchev–Trinajstić information content (AvgIpc) is 2.75. The fraction of sp³-hybridized carbons (Fsp3) is 0.500. The summed E-state index contributed by atoms with van der Waals surface area (Å²) in [5, 5.41) is 12.6. The van der Waals surface area contributed by atoms with Gasteiger partial charge in [0.1, 0.15) is 0 Å². The maximum Gasteiger partial charge on any atom is 0.0793 e. The Hall–Kier alpha value is -1.30. The highest BCUT2D eigenvalue weighted by molar-refractivity contribution is 5.06. The highest BCUT2D eigenvalue weighted by Crippen LogP contribution is 2.33. The minimum Gasteiger partial charge on any atom is -0.269 e. The highest BCUT2D eigenvalue weighted by Gasteiger charge is 2.23. The summed E-state index contributed by atoms with van der Waals surface area (Å²) in [7, 11) is 0. The summed E-state index contributed by atoms with van der Waals surface area (Å²) in [6, 6.07) is 4.63. The Bertz CT molecular complexity index is 291. The second-order valence-corrected chi connectivity index (χ2v) is 2.85. The molecule has 1 saturated carbocycles. The van der Waals surface area contributed by atoms with Crippen LogP contribution in [0.1, 0.15) is 24.6 Å². The van der Waals surface area contributed by atoms with Crippen molar-refractivity contribution in [3.8, 4) is 6.07 Å². The largest absolute Gasteiger partial charge is 0.269 e. The molecule has 0 bridgehead atoms. The van der Waals surface area contributed by atoms with E-state index in [4.69, 9.17) is 5.26 Å². The fourth-order valence-electron chi connectivity index (χ4n) is 1.10. The van der Waals surface area contributed by atoms with E-state index in [1.807, 2.05) is 16.9 Å². The molecule has 0 N–H and O–H groups in total. The Labute approximate surface area is 65.3 Å². The van der Waals surface area contributed by atoms with Crippen LogP contribution in [-0.4, -0.2) is 9.78 Å². The van der Waals surface area contributed by atoms with Gasteiger partial charge in [0.25, 0.3) is 0 Å². The number of hydrogen-bond donors (Lipinski definition) is 0. The molecule has 0 amide bonds. The van der Waals surface area contributed by atoms with Crippen LogP contribution in [0.4, 0.5) is 0 Å². The molecule has 1 fully saturated rings. The normalized spacial score (nSPS) is 16.3. The van der Waals surface area contributed by atoms with Crippen LogP contribution in [0, 0.1) is 11.3 Å². The van der Waals surface area contributed by atoms with Gasteiger partial charge in [-0.05, 0) is 18.9 Å². The van der Waals surface area contributed by atoms with E-state index in [0.717, 1.165) is 5.69 Å². The van der Waals surface area contributed by atoms with Crippen LogP contribution in [0.2, 0.25) is 0 Å². The fourth-order valence-corrected chi connectivity index (χ4v) is 1.10. The van der Waals surface area contributed by atoms with Crippen molar-refractivity contribution >= 4 is 0 Å². The van der Waals surface area contributed by atoms with Gasteiger partial charge in [0.05, 0.1) is 24.2 Å². The van der Waals surface area contributed by atoms with Crippen molar-refractivity contribution in [1.82, 2.24) is 9.78 Å². The molecule has 0 aliphatic heterocycles. The van der Waals surface area contributed by atoms with E-state index in [9.17, 15) is 0 Å². The summed E-state index contributed by atoms with van der Waals surface area (Å²) >= 11 is 0. The van der Waals surface area contributed by atoms with E-state index in [0.29, 0.717) is 12.5 Å². The summed E-state index contributed by atoms with van der Waals surface area (Å²) in [6.45, 7) is 0. The SMILES string of the molecule is N#CCc1ccn(C2CC2)n1. The minimum atomic E-state index is 0.430. The van der Waals surface area contributed by atoms with Gasteiger partial charge in [-0.3, -0.25) is 4.68 Å². The van der Waals surface area contributed by atoms with Crippen molar-refractivity contribution in [3.05, 3.63) is 18.0 Å². The Kier molecular flexibility index (Phi) is 1.39. The molecular formula is C8H9N3. The minimum absolute atomic E-state index is 0.430. The predicted molar refractivity (Wildman–Crippen MR) is 39.8 cm³/mol. The van der Waals surface area contributed by atoms with Gasteiger partial charge in [-0.2, -0.15) is 10.4 Å².